The molecule has 0 aromatic carbocycles. The summed E-state index contributed by atoms with van der Waals surface area (Å²) < 4.78 is 2.90. The minimum Gasteiger partial charge on any atom is -0.293 e. The Morgan fingerprint density at radius 3 is 2.63 bits per heavy atom. The van der Waals surface area contributed by atoms with Crippen LogP contribution < -0.4 is 11.2 Å². The number of nitrogens with one attached hydrogen (secondary N) is 1. The molecule has 0 amide bonds. The zero-order valence-electron chi connectivity index (χ0n) is 10.4. The van der Waals surface area contributed by atoms with Gasteiger partial charge in [-0.25, -0.2) is 4.79 Å². The number of aromatic amines is 1. The van der Waals surface area contributed by atoms with E-state index in [-0.39, 0.29) is 11.6 Å². The van der Waals surface area contributed by atoms with Crippen LogP contribution in [-0.4, -0.2) is 19.3 Å². The van der Waals surface area contributed by atoms with Crippen molar-refractivity contribution in [2.24, 2.45) is 7.05 Å². The van der Waals surface area contributed by atoms with E-state index in [2.05, 4.69) is 10.1 Å². The number of halogens is 2. The van der Waals surface area contributed by atoms with Crippen molar-refractivity contribution in [1.29, 1.82) is 0 Å². The molecule has 0 aliphatic heterocycles. The first kappa shape index (κ1) is 13.9. The van der Waals surface area contributed by atoms with Crippen LogP contribution in [0.5, 0.6) is 0 Å². The maximum Gasteiger partial charge on any atom is 0.328 e. The average molecular weight is 303 g/mol. The Hall–Kier alpha value is -1.53. The number of hydrogen-bond donors (Lipinski definition) is 1. The highest BCUT2D eigenvalue weighted by molar-refractivity contribution is 6.32. The summed E-state index contributed by atoms with van der Waals surface area (Å²) in [7, 11) is 1.75. The Balaban J connectivity index is 2.48. The molecule has 8 heteroatoms. The summed E-state index contributed by atoms with van der Waals surface area (Å²) in [5.41, 5.74) is 0.310. The van der Waals surface area contributed by atoms with Crippen molar-refractivity contribution < 1.29 is 0 Å². The smallest absolute Gasteiger partial charge is 0.293 e. The first-order valence-corrected chi connectivity index (χ1v) is 6.39. The molecule has 0 aliphatic rings. The second-order valence-electron chi connectivity index (χ2n) is 4.05. The van der Waals surface area contributed by atoms with E-state index in [4.69, 9.17) is 23.2 Å². The average Bonchev–Trinajstić information content (AvgIpc) is 2.63. The zero-order valence-corrected chi connectivity index (χ0v) is 11.9. The zero-order chi connectivity index (χ0) is 14.2. The van der Waals surface area contributed by atoms with Crippen LogP contribution in [0, 0.1) is 0 Å². The second kappa shape index (κ2) is 5.22. The van der Waals surface area contributed by atoms with E-state index in [1.54, 1.807) is 11.7 Å². The number of hydrogen-bond acceptors (Lipinski definition) is 3. The summed E-state index contributed by atoms with van der Waals surface area (Å²) in [5.74, 6) is 0. The lowest BCUT2D eigenvalue weighted by atomic mass is 10.3. The minimum atomic E-state index is -0.603. The third kappa shape index (κ3) is 2.59. The number of rotatable bonds is 3. The number of aryl methyl sites for hydroxylation is 2. The van der Waals surface area contributed by atoms with E-state index in [1.807, 2.05) is 6.92 Å². The third-order valence-corrected chi connectivity index (χ3v) is 3.50. The van der Waals surface area contributed by atoms with E-state index in [1.165, 1.54) is 10.8 Å². The van der Waals surface area contributed by atoms with Crippen LogP contribution in [0.25, 0.3) is 0 Å². The van der Waals surface area contributed by atoms with Crippen LogP contribution in [-0.2, 0) is 20.0 Å². The first-order valence-electron chi connectivity index (χ1n) is 5.63. The lowest BCUT2D eigenvalue weighted by molar-refractivity contribution is 0.637. The van der Waals surface area contributed by atoms with Gasteiger partial charge in [-0.1, -0.05) is 30.1 Å². The number of H-pyrrole nitrogens is 1. The largest absolute Gasteiger partial charge is 0.328 e. The molecule has 6 nitrogen and oxygen atoms in total. The fourth-order valence-corrected chi connectivity index (χ4v) is 2.27. The molecule has 0 saturated carbocycles. The van der Waals surface area contributed by atoms with Gasteiger partial charge in [-0.15, -0.1) is 0 Å². The highest BCUT2D eigenvalue weighted by Gasteiger charge is 2.14. The number of aromatic nitrogens is 4. The van der Waals surface area contributed by atoms with Gasteiger partial charge in [0.1, 0.15) is 5.02 Å². The van der Waals surface area contributed by atoms with E-state index in [9.17, 15) is 9.59 Å². The molecule has 0 fully saturated rings. The maximum absolute atomic E-state index is 11.7. The first-order chi connectivity index (χ1) is 8.93. The van der Waals surface area contributed by atoms with E-state index in [0.29, 0.717) is 17.1 Å². The van der Waals surface area contributed by atoms with Gasteiger partial charge in [0.2, 0.25) is 0 Å². The predicted octanol–water partition coefficient (Wildman–Crippen LogP) is 1.19. The third-order valence-electron chi connectivity index (χ3n) is 2.79. The molecule has 2 aromatic heterocycles. The highest BCUT2D eigenvalue weighted by atomic mass is 35.5. The molecular formula is C11H12Cl2N4O2. The lowest BCUT2D eigenvalue weighted by Crippen LogP contribution is -2.30. The van der Waals surface area contributed by atoms with Crippen molar-refractivity contribution >= 4 is 23.2 Å². The summed E-state index contributed by atoms with van der Waals surface area (Å²) in [4.78, 5) is 25.0. The van der Waals surface area contributed by atoms with Gasteiger partial charge < -0.3 is 0 Å². The molecular weight excluding hydrogens is 291 g/mol. The summed E-state index contributed by atoms with van der Waals surface area (Å²) in [6, 6.07) is 0. The normalized spacial score (nSPS) is 10.9. The van der Waals surface area contributed by atoms with E-state index < -0.39 is 11.2 Å². The molecule has 19 heavy (non-hydrogen) atoms. The Kier molecular flexibility index (Phi) is 3.82. The molecule has 102 valence electrons. The summed E-state index contributed by atoms with van der Waals surface area (Å²) in [6.07, 6.45) is 1.99. The van der Waals surface area contributed by atoms with Crippen LogP contribution in [0.2, 0.25) is 10.0 Å². The Bertz CT molecular complexity index is 729. The molecule has 0 spiro atoms. The van der Waals surface area contributed by atoms with Crippen molar-refractivity contribution in [3.8, 4) is 0 Å². The maximum atomic E-state index is 11.7. The van der Waals surface area contributed by atoms with E-state index in [0.717, 1.165) is 5.69 Å². The van der Waals surface area contributed by atoms with Gasteiger partial charge in [0, 0.05) is 13.2 Å². The van der Waals surface area contributed by atoms with Crippen molar-refractivity contribution in [3.63, 3.8) is 0 Å². The lowest BCUT2D eigenvalue weighted by Gasteiger charge is -2.06. The fourth-order valence-electron chi connectivity index (χ4n) is 1.75. The standard InChI is InChI=1S/C11H12Cl2N4O2/c1-3-7-9(13)8(16(2)15-7)5-17-4-6(12)10(18)14-11(17)19/h4H,3,5H2,1-2H3,(H,14,18,19). The summed E-state index contributed by atoms with van der Waals surface area (Å²) in [5, 5.41) is 4.74. The quantitative estimate of drug-likeness (QED) is 0.925. The highest BCUT2D eigenvalue weighted by Crippen LogP contribution is 2.21. The van der Waals surface area contributed by atoms with Gasteiger partial charge in [-0.3, -0.25) is 19.0 Å². The molecule has 0 aliphatic carbocycles. The van der Waals surface area contributed by atoms with Crippen molar-refractivity contribution in [2.45, 2.75) is 19.9 Å². The van der Waals surface area contributed by atoms with Crippen molar-refractivity contribution in [3.05, 3.63) is 48.5 Å². The van der Waals surface area contributed by atoms with Gasteiger partial charge >= 0.3 is 5.69 Å². The molecule has 0 bridgehead atoms. The predicted molar refractivity (Wildman–Crippen MR) is 73.0 cm³/mol. The van der Waals surface area contributed by atoms with Crippen LogP contribution in [0.15, 0.2) is 15.8 Å². The number of nitrogens with zero attached hydrogens (tertiary/aromatic N) is 3. The van der Waals surface area contributed by atoms with Gasteiger partial charge in [-0.05, 0) is 6.42 Å². The van der Waals surface area contributed by atoms with Gasteiger partial charge in [0.25, 0.3) is 5.56 Å². The van der Waals surface area contributed by atoms with Crippen LogP contribution in [0.1, 0.15) is 18.3 Å². The van der Waals surface area contributed by atoms with Gasteiger partial charge in [0.15, 0.2) is 0 Å². The molecule has 2 rings (SSSR count). The molecule has 0 radical (unpaired) electrons. The molecule has 0 unspecified atom stereocenters. The van der Waals surface area contributed by atoms with Crippen LogP contribution in [0.3, 0.4) is 0 Å². The van der Waals surface area contributed by atoms with Gasteiger partial charge in [-0.2, -0.15) is 5.10 Å². The fraction of sp³-hybridized carbons (Fsp3) is 0.364. The molecule has 0 saturated heterocycles. The van der Waals surface area contributed by atoms with Crippen molar-refractivity contribution in [2.75, 3.05) is 0 Å². The summed E-state index contributed by atoms with van der Waals surface area (Å²) in [6.45, 7) is 2.14. The minimum absolute atomic E-state index is 0.0476. The topological polar surface area (TPSA) is 72.7 Å². The van der Waals surface area contributed by atoms with Crippen LogP contribution >= 0.6 is 23.2 Å². The molecule has 0 atom stereocenters. The second-order valence-corrected chi connectivity index (χ2v) is 4.83. The van der Waals surface area contributed by atoms with E-state index >= 15 is 0 Å². The SMILES string of the molecule is CCc1nn(C)c(Cn2cc(Cl)c(=O)[nH]c2=O)c1Cl. The Morgan fingerprint density at radius 2 is 2.05 bits per heavy atom. The Labute approximate surface area is 118 Å². The molecule has 2 heterocycles. The van der Waals surface area contributed by atoms with Gasteiger partial charge in [0.05, 0.1) is 23.0 Å². The summed E-state index contributed by atoms with van der Waals surface area (Å²) >= 11 is 11.9. The Morgan fingerprint density at radius 1 is 1.37 bits per heavy atom. The molecule has 1 N–H and O–H groups in total. The molecule has 2 aromatic rings. The van der Waals surface area contributed by atoms with Crippen molar-refractivity contribution in [1.82, 2.24) is 19.3 Å². The van der Waals surface area contributed by atoms with Crippen LogP contribution in [0.4, 0.5) is 0 Å². The monoisotopic (exact) mass is 302 g/mol.